The first-order chi connectivity index (χ1) is 6.91. The second-order valence-electron chi connectivity index (χ2n) is 2.73. The molecule has 0 fully saturated rings. The monoisotopic (exact) mass is 206 g/mol. The Morgan fingerprint density at radius 1 is 0.857 bits per heavy atom. The molecule has 0 aliphatic heterocycles. The van der Waals surface area contributed by atoms with Crippen molar-refractivity contribution in [2.45, 2.75) is 0 Å². The first-order valence-electron chi connectivity index (χ1n) is 4.99. The Hall–Kier alpha value is -0.200. The van der Waals surface area contributed by atoms with Crippen molar-refractivity contribution in [3.8, 4) is 0 Å². The zero-order valence-electron chi connectivity index (χ0n) is 8.96. The summed E-state index contributed by atoms with van der Waals surface area (Å²) in [6.07, 6.45) is 0. The number of ether oxygens (including phenoxy) is 3. The normalized spacial score (nSPS) is 10.7. The minimum absolute atomic E-state index is 0.563. The number of likely N-dealkylation sites (N-methyl/N-ethyl adjacent to an activating group) is 1. The van der Waals surface area contributed by atoms with E-state index in [2.05, 4.69) is 5.32 Å². The lowest BCUT2D eigenvalue weighted by atomic mass is 10.6. The lowest BCUT2D eigenvalue weighted by Crippen LogP contribution is -2.17. The fraction of sp³-hybridized carbons (Fsp3) is 1.00. The molecule has 0 aliphatic rings. The number of hydrogen-bond donors (Lipinski definition) is 2. The molecule has 14 heavy (non-hydrogen) atoms. The van der Waals surface area contributed by atoms with E-state index in [0.717, 1.165) is 13.2 Å². The van der Waals surface area contributed by atoms with E-state index in [1.54, 1.807) is 0 Å². The molecule has 0 bridgehead atoms. The summed E-state index contributed by atoms with van der Waals surface area (Å²) in [6, 6.07) is 0. The smallest absolute Gasteiger partial charge is 0.0701 e. The summed E-state index contributed by atoms with van der Waals surface area (Å²) in [4.78, 5) is 0. The number of nitrogens with two attached hydrogens (primary N) is 1. The topological polar surface area (TPSA) is 65.7 Å². The SMILES string of the molecule is CNCCOCCOCCOCCN. The molecule has 0 atom stereocenters. The maximum Gasteiger partial charge on any atom is 0.0701 e. The third kappa shape index (κ3) is 11.8. The summed E-state index contributed by atoms with van der Waals surface area (Å²) in [5.41, 5.74) is 5.25. The third-order valence-electron chi connectivity index (χ3n) is 1.50. The van der Waals surface area contributed by atoms with Crippen LogP contribution in [0.15, 0.2) is 0 Å². The van der Waals surface area contributed by atoms with Gasteiger partial charge in [-0.2, -0.15) is 0 Å². The maximum atomic E-state index is 5.25. The summed E-state index contributed by atoms with van der Waals surface area (Å²) in [5.74, 6) is 0. The van der Waals surface area contributed by atoms with E-state index >= 15 is 0 Å². The minimum atomic E-state index is 0.563. The fourth-order valence-corrected chi connectivity index (χ4v) is 0.799. The Labute approximate surface area is 85.9 Å². The second-order valence-corrected chi connectivity index (χ2v) is 2.73. The summed E-state index contributed by atoms with van der Waals surface area (Å²) < 4.78 is 15.6. The average molecular weight is 206 g/mol. The van der Waals surface area contributed by atoms with Gasteiger partial charge in [0.05, 0.1) is 39.6 Å². The highest BCUT2D eigenvalue weighted by atomic mass is 16.5. The predicted octanol–water partition coefficient (Wildman–Crippen LogP) is -0.786. The van der Waals surface area contributed by atoms with Crippen LogP contribution in [0.1, 0.15) is 0 Å². The minimum Gasteiger partial charge on any atom is -0.378 e. The van der Waals surface area contributed by atoms with Gasteiger partial charge in [-0.25, -0.2) is 0 Å². The van der Waals surface area contributed by atoms with Crippen molar-refractivity contribution < 1.29 is 14.2 Å². The number of hydrogen-bond acceptors (Lipinski definition) is 5. The van der Waals surface area contributed by atoms with Gasteiger partial charge in [-0.1, -0.05) is 0 Å². The lowest BCUT2D eigenvalue weighted by Gasteiger charge is -2.05. The van der Waals surface area contributed by atoms with Crippen LogP contribution >= 0.6 is 0 Å². The quantitative estimate of drug-likeness (QED) is 0.434. The van der Waals surface area contributed by atoms with Crippen molar-refractivity contribution in [1.82, 2.24) is 5.32 Å². The van der Waals surface area contributed by atoms with E-state index in [9.17, 15) is 0 Å². The Morgan fingerprint density at radius 2 is 1.36 bits per heavy atom. The molecule has 0 saturated carbocycles. The van der Waals surface area contributed by atoms with Gasteiger partial charge in [0.1, 0.15) is 0 Å². The first-order valence-corrected chi connectivity index (χ1v) is 4.99. The van der Waals surface area contributed by atoms with Crippen molar-refractivity contribution in [2.24, 2.45) is 5.73 Å². The van der Waals surface area contributed by atoms with Crippen LogP contribution < -0.4 is 11.1 Å². The molecule has 0 saturated heterocycles. The van der Waals surface area contributed by atoms with Crippen molar-refractivity contribution in [3.63, 3.8) is 0 Å². The lowest BCUT2D eigenvalue weighted by molar-refractivity contribution is 0.0168. The molecule has 0 heterocycles. The van der Waals surface area contributed by atoms with Crippen LogP contribution in [0, 0.1) is 0 Å². The molecule has 0 spiro atoms. The summed E-state index contributed by atoms with van der Waals surface area (Å²) in [6.45, 7) is 5.23. The molecule has 86 valence electrons. The second kappa shape index (κ2) is 12.8. The Kier molecular flexibility index (Phi) is 12.6. The molecule has 0 aromatic rings. The van der Waals surface area contributed by atoms with E-state index in [1.165, 1.54) is 0 Å². The van der Waals surface area contributed by atoms with E-state index in [4.69, 9.17) is 19.9 Å². The van der Waals surface area contributed by atoms with Gasteiger partial charge in [-0.3, -0.25) is 0 Å². The largest absolute Gasteiger partial charge is 0.378 e. The highest BCUT2D eigenvalue weighted by Gasteiger charge is 1.90. The molecule has 0 aromatic carbocycles. The Morgan fingerprint density at radius 3 is 1.86 bits per heavy atom. The molecule has 3 N–H and O–H groups in total. The van der Waals surface area contributed by atoms with Crippen molar-refractivity contribution in [2.75, 3.05) is 59.8 Å². The molecular weight excluding hydrogens is 184 g/mol. The van der Waals surface area contributed by atoms with Crippen LogP contribution in [-0.2, 0) is 14.2 Å². The van der Waals surface area contributed by atoms with Gasteiger partial charge < -0.3 is 25.3 Å². The Bertz CT molecular complexity index is 92.1. The zero-order valence-corrected chi connectivity index (χ0v) is 8.96. The molecule has 0 rings (SSSR count). The molecule has 0 aromatic heterocycles. The zero-order chi connectivity index (χ0) is 10.5. The molecule has 0 aliphatic carbocycles. The standard InChI is InChI=1S/C9H22N2O3/c1-11-3-5-13-7-9-14-8-6-12-4-2-10/h11H,2-10H2,1H3. The van der Waals surface area contributed by atoms with Crippen molar-refractivity contribution in [3.05, 3.63) is 0 Å². The van der Waals surface area contributed by atoms with Crippen LogP contribution in [0.5, 0.6) is 0 Å². The first kappa shape index (κ1) is 13.8. The maximum absolute atomic E-state index is 5.25. The molecule has 5 heteroatoms. The van der Waals surface area contributed by atoms with Gasteiger partial charge in [0.15, 0.2) is 0 Å². The van der Waals surface area contributed by atoms with E-state index < -0.39 is 0 Å². The molecular formula is C9H22N2O3. The molecule has 0 radical (unpaired) electrons. The van der Waals surface area contributed by atoms with Crippen LogP contribution in [0.25, 0.3) is 0 Å². The van der Waals surface area contributed by atoms with E-state index in [-0.39, 0.29) is 0 Å². The van der Waals surface area contributed by atoms with Crippen LogP contribution in [0.3, 0.4) is 0 Å². The van der Waals surface area contributed by atoms with Gasteiger partial charge in [-0.15, -0.1) is 0 Å². The van der Waals surface area contributed by atoms with Crippen LogP contribution in [0.2, 0.25) is 0 Å². The third-order valence-corrected chi connectivity index (χ3v) is 1.50. The highest BCUT2D eigenvalue weighted by molar-refractivity contribution is 4.37. The number of rotatable bonds is 11. The summed E-state index contributed by atoms with van der Waals surface area (Å²) in [5, 5.41) is 3.00. The van der Waals surface area contributed by atoms with Gasteiger partial charge in [0, 0.05) is 13.1 Å². The molecule has 5 nitrogen and oxygen atoms in total. The average Bonchev–Trinajstić information content (AvgIpc) is 2.21. The summed E-state index contributed by atoms with van der Waals surface area (Å²) >= 11 is 0. The predicted molar refractivity (Wildman–Crippen MR) is 55.4 cm³/mol. The number of nitrogens with one attached hydrogen (secondary N) is 1. The molecule has 0 amide bonds. The van der Waals surface area contributed by atoms with Crippen LogP contribution in [-0.4, -0.2) is 59.8 Å². The van der Waals surface area contributed by atoms with Gasteiger partial charge in [-0.05, 0) is 7.05 Å². The van der Waals surface area contributed by atoms with Gasteiger partial charge >= 0.3 is 0 Å². The summed E-state index contributed by atoms with van der Waals surface area (Å²) in [7, 11) is 1.90. The van der Waals surface area contributed by atoms with Crippen molar-refractivity contribution in [1.29, 1.82) is 0 Å². The van der Waals surface area contributed by atoms with Crippen LogP contribution in [0.4, 0.5) is 0 Å². The van der Waals surface area contributed by atoms with Gasteiger partial charge in [0.2, 0.25) is 0 Å². The fourth-order valence-electron chi connectivity index (χ4n) is 0.799. The van der Waals surface area contributed by atoms with E-state index in [0.29, 0.717) is 39.6 Å². The Balaban J connectivity index is 2.78. The highest BCUT2D eigenvalue weighted by Crippen LogP contribution is 1.80. The van der Waals surface area contributed by atoms with E-state index in [1.807, 2.05) is 7.05 Å². The van der Waals surface area contributed by atoms with Gasteiger partial charge in [0.25, 0.3) is 0 Å². The molecule has 0 unspecified atom stereocenters. The van der Waals surface area contributed by atoms with Crippen molar-refractivity contribution >= 4 is 0 Å².